The molecule has 1 unspecified atom stereocenters. The van der Waals surface area contributed by atoms with Gasteiger partial charge < -0.3 is 5.73 Å². The van der Waals surface area contributed by atoms with E-state index in [1.807, 2.05) is 7.05 Å². The lowest BCUT2D eigenvalue weighted by atomic mass is 10.2. The summed E-state index contributed by atoms with van der Waals surface area (Å²) in [7, 11) is 1.87. The van der Waals surface area contributed by atoms with E-state index in [2.05, 4.69) is 26.9 Å². The number of nitrogen functional groups attached to an aromatic ring is 1. The van der Waals surface area contributed by atoms with E-state index < -0.39 is 0 Å². The minimum Gasteiger partial charge on any atom is -0.383 e. The van der Waals surface area contributed by atoms with Crippen LogP contribution in [-0.4, -0.2) is 37.7 Å². The molecule has 0 saturated carbocycles. The fourth-order valence-electron chi connectivity index (χ4n) is 2.53. The zero-order chi connectivity index (χ0) is 12.7. The highest BCUT2D eigenvalue weighted by Gasteiger charge is 2.20. The van der Waals surface area contributed by atoms with Gasteiger partial charge >= 0.3 is 0 Å². The molecule has 1 aliphatic heterocycles. The molecule has 0 spiro atoms. The van der Waals surface area contributed by atoms with Crippen molar-refractivity contribution in [2.45, 2.75) is 19.9 Å². The fraction of sp³-hybridized carbons (Fsp3) is 0.583. The largest absolute Gasteiger partial charge is 0.383 e. The first-order chi connectivity index (χ1) is 8.63. The van der Waals surface area contributed by atoms with Crippen LogP contribution in [0.5, 0.6) is 0 Å². The maximum atomic E-state index is 5.95. The Bertz CT molecular complexity index is 575. The molecule has 0 aliphatic carbocycles. The van der Waals surface area contributed by atoms with Gasteiger partial charge in [-0.15, -0.1) is 0 Å². The maximum Gasteiger partial charge on any atom is 0.163 e. The van der Waals surface area contributed by atoms with Crippen molar-refractivity contribution in [3.8, 4) is 0 Å². The third-order valence-corrected chi connectivity index (χ3v) is 3.54. The van der Waals surface area contributed by atoms with Crippen molar-refractivity contribution in [3.63, 3.8) is 0 Å². The maximum absolute atomic E-state index is 5.95. The van der Waals surface area contributed by atoms with Crippen LogP contribution in [0.4, 0.5) is 5.82 Å². The van der Waals surface area contributed by atoms with Gasteiger partial charge in [0.15, 0.2) is 5.65 Å². The minimum atomic E-state index is 0.523. The molecule has 1 fully saturated rings. The third kappa shape index (κ3) is 1.92. The molecule has 96 valence electrons. The quantitative estimate of drug-likeness (QED) is 0.848. The number of likely N-dealkylation sites (tertiary alicyclic amines) is 1. The number of anilines is 1. The summed E-state index contributed by atoms with van der Waals surface area (Å²) in [5.74, 6) is 2.08. The number of nitrogens with two attached hydrogens (primary N) is 1. The van der Waals surface area contributed by atoms with Crippen LogP contribution in [0.2, 0.25) is 0 Å². The van der Waals surface area contributed by atoms with Gasteiger partial charge in [0.05, 0.1) is 18.1 Å². The smallest absolute Gasteiger partial charge is 0.163 e. The lowest BCUT2D eigenvalue weighted by Crippen LogP contribution is -2.21. The van der Waals surface area contributed by atoms with Gasteiger partial charge in [-0.3, -0.25) is 9.58 Å². The Morgan fingerprint density at radius 2 is 2.28 bits per heavy atom. The molecule has 1 aliphatic rings. The molecule has 1 saturated heterocycles. The van der Waals surface area contributed by atoms with E-state index in [9.17, 15) is 0 Å². The monoisotopic (exact) mass is 246 g/mol. The summed E-state index contributed by atoms with van der Waals surface area (Å²) in [5, 5.41) is 4.99. The molecular formula is C12H18N6. The molecule has 2 N–H and O–H groups in total. The molecule has 2 aromatic rings. The van der Waals surface area contributed by atoms with Crippen LogP contribution in [0.15, 0.2) is 6.20 Å². The Labute approximate surface area is 106 Å². The van der Waals surface area contributed by atoms with Crippen LogP contribution >= 0.6 is 0 Å². The highest BCUT2D eigenvalue weighted by molar-refractivity contribution is 5.84. The molecule has 0 aromatic carbocycles. The van der Waals surface area contributed by atoms with Crippen LogP contribution in [0, 0.1) is 5.92 Å². The highest BCUT2D eigenvalue weighted by atomic mass is 15.3. The van der Waals surface area contributed by atoms with Crippen molar-refractivity contribution in [1.29, 1.82) is 0 Å². The predicted octanol–water partition coefficient (Wildman–Crippen LogP) is 0.787. The molecule has 3 rings (SSSR count). The molecule has 3 heterocycles. The standard InChI is InChI=1S/C12H18N6/c1-8-3-4-18(6-8)7-10-15-11(13)9-5-14-17(2)12(9)16-10/h5,8H,3-4,6-7H2,1-2H3,(H2,13,15,16). The van der Waals surface area contributed by atoms with Crippen molar-refractivity contribution in [1.82, 2.24) is 24.6 Å². The zero-order valence-electron chi connectivity index (χ0n) is 10.8. The van der Waals surface area contributed by atoms with Crippen LogP contribution in [0.1, 0.15) is 19.2 Å². The van der Waals surface area contributed by atoms with Gasteiger partial charge in [0.1, 0.15) is 11.6 Å². The van der Waals surface area contributed by atoms with Crippen LogP contribution in [-0.2, 0) is 13.6 Å². The first-order valence-electron chi connectivity index (χ1n) is 6.30. The van der Waals surface area contributed by atoms with E-state index in [1.165, 1.54) is 6.42 Å². The number of nitrogens with zero attached hydrogens (tertiary/aromatic N) is 5. The van der Waals surface area contributed by atoms with Gasteiger partial charge in [-0.05, 0) is 18.9 Å². The number of fused-ring (bicyclic) bond motifs is 1. The summed E-state index contributed by atoms with van der Waals surface area (Å²) >= 11 is 0. The number of rotatable bonds is 2. The molecule has 6 heteroatoms. The van der Waals surface area contributed by atoms with Gasteiger partial charge in [0.2, 0.25) is 0 Å². The van der Waals surface area contributed by atoms with Crippen LogP contribution in [0.3, 0.4) is 0 Å². The normalized spacial score (nSPS) is 20.9. The fourth-order valence-corrected chi connectivity index (χ4v) is 2.53. The second-order valence-corrected chi connectivity index (χ2v) is 5.16. The number of aromatic nitrogens is 4. The van der Waals surface area contributed by atoms with Gasteiger partial charge in [-0.1, -0.05) is 6.92 Å². The number of hydrogen-bond donors (Lipinski definition) is 1. The number of hydrogen-bond acceptors (Lipinski definition) is 5. The van der Waals surface area contributed by atoms with Gasteiger partial charge in [0, 0.05) is 13.6 Å². The second kappa shape index (κ2) is 4.20. The van der Waals surface area contributed by atoms with Crippen LogP contribution < -0.4 is 5.73 Å². The second-order valence-electron chi connectivity index (χ2n) is 5.16. The molecule has 18 heavy (non-hydrogen) atoms. The van der Waals surface area contributed by atoms with Crippen molar-refractivity contribution in [3.05, 3.63) is 12.0 Å². The molecule has 0 amide bonds. The van der Waals surface area contributed by atoms with Crippen molar-refractivity contribution >= 4 is 16.9 Å². The van der Waals surface area contributed by atoms with E-state index in [-0.39, 0.29) is 0 Å². The van der Waals surface area contributed by atoms with E-state index in [1.54, 1.807) is 10.9 Å². The lowest BCUT2D eigenvalue weighted by Gasteiger charge is -2.14. The Hall–Kier alpha value is -1.69. The Kier molecular flexibility index (Phi) is 2.66. The molecule has 6 nitrogen and oxygen atoms in total. The molecule has 2 aromatic heterocycles. The first kappa shape index (κ1) is 11.4. The average Bonchev–Trinajstić information content (AvgIpc) is 2.87. The predicted molar refractivity (Wildman–Crippen MR) is 69.8 cm³/mol. The van der Waals surface area contributed by atoms with Gasteiger partial charge in [0.25, 0.3) is 0 Å². The lowest BCUT2D eigenvalue weighted by molar-refractivity contribution is 0.312. The number of aryl methyl sites for hydroxylation is 1. The van der Waals surface area contributed by atoms with Crippen molar-refractivity contribution < 1.29 is 0 Å². The third-order valence-electron chi connectivity index (χ3n) is 3.54. The summed E-state index contributed by atoms with van der Waals surface area (Å²) in [6.45, 7) is 5.29. The Morgan fingerprint density at radius 1 is 1.44 bits per heavy atom. The Balaban J connectivity index is 1.90. The SMILES string of the molecule is CC1CCN(Cc2nc(N)c3cnn(C)c3n2)C1. The van der Waals surface area contributed by atoms with Gasteiger partial charge in [-0.25, -0.2) is 9.97 Å². The minimum absolute atomic E-state index is 0.523. The van der Waals surface area contributed by atoms with E-state index >= 15 is 0 Å². The first-order valence-corrected chi connectivity index (χ1v) is 6.30. The zero-order valence-corrected chi connectivity index (χ0v) is 10.8. The molecule has 0 radical (unpaired) electrons. The van der Waals surface area contributed by atoms with Crippen molar-refractivity contribution in [2.24, 2.45) is 13.0 Å². The van der Waals surface area contributed by atoms with E-state index in [4.69, 9.17) is 5.73 Å². The summed E-state index contributed by atoms with van der Waals surface area (Å²) in [4.78, 5) is 11.3. The summed E-state index contributed by atoms with van der Waals surface area (Å²) in [6.07, 6.45) is 2.97. The molecule has 1 atom stereocenters. The molecule has 0 bridgehead atoms. The molecular weight excluding hydrogens is 228 g/mol. The van der Waals surface area contributed by atoms with Gasteiger partial charge in [-0.2, -0.15) is 5.10 Å². The Morgan fingerprint density at radius 3 is 3.00 bits per heavy atom. The average molecular weight is 246 g/mol. The van der Waals surface area contributed by atoms with Crippen LogP contribution in [0.25, 0.3) is 11.0 Å². The summed E-state index contributed by atoms with van der Waals surface area (Å²) in [6, 6.07) is 0. The highest BCUT2D eigenvalue weighted by Crippen LogP contribution is 2.20. The van der Waals surface area contributed by atoms with E-state index in [0.29, 0.717) is 5.82 Å². The van der Waals surface area contributed by atoms with E-state index in [0.717, 1.165) is 42.4 Å². The summed E-state index contributed by atoms with van der Waals surface area (Å²) in [5.41, 5.74) is 6.76. The summed E-state index contributed by atoms with van der Waals surface area (Å²) < 4.78 is 1.74. The van der Waals surface area contributed by atoms with Crippen molar-refractivity contribution in [2.75, 3.05) is 18.8 Å². The topological polar surface area (TPSA) is 72.9 Å².